The number of benzene rings is 2. The summed E-state index contributed by atoms with van der Waals surface area (Å²) in [6.07, 6.45) is 0.181. The van der Waals surface area contributed by atoms with Crippen LogP contribution in [0.3, 0.4) is 0 Å². The summed E-state index contributed by atoms with van der Waals surface area (Å²) in [5.74, 6) is 0.461. The van der Waals surface area contributed by atoms with Crippen molar-refractivity contribution in [3.8, 4) is 5.75 Å². The van der Waals surface area contributed by atoms with Crippen molar-refractivity contribution < 1.29 is 19.1 Å². The third kappa shape index (κ3) is 4.19. The van der Waals surface area contributed by atoms with Crippen molar-refractivity contribution in [3.63, 3.8) is 0 Å². The molecule has 0 fully saturated rings. The average Bonchev–Trinajstić information content (AvgIpc) is 2.92. The zero-order chi connectivity index (χ0) is 19.4. The minimum Gasteiger partial charge on any atom is -0.497 e. The highest BCUT2D eigenvalue weighted by molar-refractivity contribution is 6.30. The van der Waals surface area contributed by atoms with Crippen molar-refractivity contribution in [1.29, 1.82) is 0 Å². The van der Waals surface area contributed by atoms with Crippen molar-refractivity contribution in [2.45, 2.75) is 26.9 Å². The Labute approximate surface area is 163 Å². The maximum absolute atomic E-state index is 12.1. The summed E-state index contributed by atoms with van der Waals surface area (Å²) < 4.78 is 12.2. The number of carbonyl (C=O) groups excluding carboxylic acids is 1. The van der Waals surface area contributed by atoms with Crippen molar-refractivity contribution in [2.24, 2.45) is 0 Å². The Morgan fingerprint density at radius 2 is 1.89 bits per heavy atom. The standard InChI is InChI=1S/C21H22ClNO4/c1-4-26-21(24)12-18-14(2)23(20-10-9-17(25-3)11-19(18)20)27-13-15-5-7-16(22)8-6-15/h5-11H,4,12-13H2,1-3H3. The topological polar surface area (TPSA) is 49.7 Å². The molecule has 0 unspecified atom stereocenters. The van der Waals surface area contributed by atoms with Crippen LogP contribution in [-0.4, -0.2) is 24.4 Å². The largest absolute Gasteiger partial charge is 0.497 e. The van der Waals surface area contributed by atoms with Gasteiger partial charge in [-0.15, -0.1) is 0 Å². The van der Waals surface area contributed by atoms with E-state index in [4.69, 9.17) is 25.9 Å². The number of hydrogen-bond donors (Lipinski definition) is 0. The lowest BCUT2D eigenvalue weighted by atomic mass is 10.1. The Kier molecular flexibility index (Phi) is 5.91. The van der Waals surface area contributed by atoms with E-state index in [0.717, 1.165) is 33.5 Å². The molecule has 0 N–H and O–H groups in total. The summed E-state index contributed by atoms with van der Waals surface area (Å²) >= 11 is 5.94. The number of aromatic nitrogens is 1. The molecule has 0 amide bonds. The van der Waals surface area contributed by atoms with Gasteiger partial charge in [-0.1, -0.05) is 23.7 Å². The molecule has 0 aliphatic carbocycles. The lowest BCUT2D eigenvalue weighted by Crippen LogP contribution is -2.14. The van der Waals surface area contributed by atoms with Crippen LogP contribution >= 0.6 is 11.6 Å². The van der Waals surface area contributed by atoms with E-state index >= 15 is 0 Å². The fourth-order valence-electron chi connectivity index (χ4n) is 3.02. The van der Waals surface area contributed by atoms with E-state index in [9.17, 15) is 4.79 Å². The molecule has 0 spiro atoms. The van der Waals surface area contributed by atoms with Crippen LogP contribution in [0.1, 0.15) is 23.7 Å². The molecule has 1 aromatic heterocycles. The predicted octanol–water partition coefficient (Wildman–Crippen LogP) is 4.35. The lowest BCUT2D eigenvalue weighted by Gasteiger charge is -2.11. The molecule has 0 aliphatic rings. The van der Waals surface area contributed by atoms with Gasteiger partial charge in [0, 0.05) is 10.4 Å². The summed E-state index contributed by atoms with van der Waals surface area (Å²) in [5.41, 5.74) is 3.61. The number of hydrogen-bond acceptors (Lipinski definition) is 4. The van der Waals surface area contributed by atoms with Crippen molar-refractivity contribution >= 4 is 28.5 Å². The minimum atomic E-state index is -0.264. The van der Waals surface area contributed by atoms with Crippen LogP contribution < -0.4 is 9.57 Å². The normalized spacial score (nSPS) is 10.8. The summed E-state index contributed by atoms with van der Waals surface area (Å²) in [4.78, 5) is 18.1. The fourth-order valence-corrected chi connectivity index (χ4v) is 3.15. The van der Waals surface area contributed by atoms with Crippen LogP contribution in [0.15, 0.2) is 42.5 Å². The third-order valence-corrected chi connectivity index (χ3v) is 4.64. The number of esters is 1. The first-order valence-corrected chi connectivity index (χ1v) is 9.12. The van der Waals surface area contributed by atoms with Crippen molar-refractivity contribution in [3.05, 3.63) is 64.3 Å². The van der Waals surface area contributed by atoms with Gasteiger partial charge in [0.1, 0.15) is 12.4 Å². The van der Waals surface area contributed by atoms with Crippen LogP contribution in [0.4, 0.5) is 0 Å². The first-order chi connectivity index (χ1) is 13.0. The monoisotopic (exact) mass is 387 g/mol. The molecular formula is C21H22ClNO4. The molecule has 0 radical (unpaired) electrons. The number of halogens is 1. The van der Waals surface area contributed by atoms with Gasteiger partial charge in [0.05, 0.1) is 31.3 Å². The smallest absolute Gasteiger partial charge is 0.310 e. The van der Waals surface area contributed by atoms with Gasteiger partial charge in [-0.3, -0.25) is 4.79 Å². The Morgan fingerprint density at radius 3 is 2.56 bits per heavy atom. The van der Waals surface area contributed by atoms with Crippen LogP contribution in [-0.2, 0) is 22.6 Å². The quantitative estimate of drug-likeness (QED) is 0.566. The second-order valence-corrected chi connectivity index (χ2v) is 6.56. The molecule has 3 rings (SSSR count). The highest BCUT2D eigenvalue weighted by Crippen LogP contribution is 2.29. The zero-order valence-electron chi connectivity index (χ0n) is 15.6. The zero-order valence-corrected chi connectivity index (χ0v) is 16.4. The van der Waals surface area contributed by atoms with Crippen molar-refractivity contribution in [1.82, 2.24) is 4.73 Å². The van der Waals surface area contributed by atoms with Gasteiger partial charge in [-0.05, 0) is 55.3 Å². The van der Waals surface area contributed by atoms with Crippen molar-refractivity contribution in [2.75, 3.05) is 13.7 Å². The maximum atomic E-state index is 12.1. The van der Waals surface area contributed by atoms with Crippen LogP contribution in [0.2, 0.25) is 5.02 Å². The second-order valence-electron chi connectivity index (χ2n) is 6.12. The van der Waals surface area contributed by atoms with E-state index in [-0.39, 0.29) is 12.4 Å². The van der Waals surface area contributed by atoms with Gasteiger partial charge in [0.2, 0.25) is 0 Å². The lowest BCUT2D eigenvalue weighted by molar-refractivity contribution is -0.142. The van der Waals surface area contributed by atoms with Crippen LogP contribution in [0.25, 0.3) is 10.9 Å². The Morgan fingerprint density at radius 1 is 1.15 bits per heavy atom. The molecule has 27 heavy (non-hydrogen) atoms. The Hall–Kier alpha value is -2.66. The van der Waals surface area contributed by atoms with E-state index in [1.165, 1.54) is 0 Å². The maximum Gasteiger partial charge on any atom is 0.310 e. The van der Waals surface area contributed by atoms with E-state index in [1.54, 1.807) is 18.8 Å². The van der Waals surface area contributed by atoms with Gasteiger partial charge < -0.3 is 14.3 Å². The fraction of sp³-hybridized carbons (Fsp3) is 0.286. The molecular weight excluding hydrogens is 366 g/mol. The molecule has 3 aromatic rings. The van der Waals surface area contributed by atoms with E-state index < -0.39 is 0 Å². The number of ether oxygens (including phenoxy) is 2. The molecule has 6 heteroatoms. The van der Waals surface area contributed by atoms with Gasteiger partial charge in [-0.25, -0.2) is 0 Å². The molecule has 0 saturated carbocycles. The van der Waals surface area contributed by atoms with E-state index in [2.05, 4.69) is 0 Å². The predicted molar refractivity (Wildman–Crippen MR) is 105 cm³/mol. The third-order valence-electron chi connectivity index (χ3n) is 4.39. The second kappa shape index (κ2) is 8.35. The Balaban J connectivity index is 1.97. The first-order valence-electron chi connectivity index (χ1n) is 8.74. The van der Waals surface area contributed by atoms with Gasteiger partial charge in [0.15, 0.2) is 0 Å². The summed E-state index contributed by atoms with van der Waals surface area (Å²) in [6, 6.07) is 13.2. The van der Waals surface area contributed by atoms with Gasteiger partial charge in [-0.2, -0.15) is 4.73 Å². The molecule has 0 saturated heterocycles. The molecule has 0 bridgehead atoms. The number of rotatable bonds is 7. The molecule has 2 aromatic carbocycles. The number of nitrogens with zero attached hydrogens (tertiary/aromatic N) is 1. The number of carbonyl (C=O) groups is 1. The summed E-state index contributed by atoms with van der Waals surface area (Å²) in [6.45, 7) is 4.47. The minimum absolute atomic E-state index is 0.181. The first kappa shape index (κ1) is 19.1. The van der Waals surface area contributed by atoms with E-state index in [1.807, 2.05) is 49.4 Å². The molecule has 0 aliphatic heterocycles. The van der Waals surface area contributed by atoms with E-state index in [0.29, 0.717) is 18.2 Å². The van der Waals surface area contributed by atoms with Crippen LogP contribution in [0.5, 0.6) is 5.75 Å². The molecule has 1 heterocycles. The number of fused-ring (bicyclic) bond motifs is 1. The average molecular weight is 388 g/mol. The number of methoxy groups -OCH3 is 1. The summed E-state index contributed by atoms with van der Waals surface area (Å²) in [7, 11) is 1.62. The SMILES string of the molecule is CCOC(=O)Cc1c(C)n(OCc2ccc(Cl)cc2)c2ccc(OC)cc12. The molecule has 142 valence electrons. The molecule has 5 nitrogen and oxygen atoms in total. The van der Waals surface area contributed by atoms with Crippen LogP contribution in [0, 0.1) is 6.92 Å². The van der Waals surface area contributed by atoms with Gasteiger partial charge >= 0.3 is 5.97 Å². The van der Waals surface area contributed by atoms with Gasteiger partial charge in [0.25, 0.3) is 0 Å². The summed E-state index contributed by atoms with van der Waals surface area (Å²) in [5, 5.41) is 1.60. The highest BCUT2D eigenvalue weighted by atomic mass is 35.5. The molecule has 0 atom stereocenters. The Bertz CT molecular complexity index is 947. The highest BCUT2D eigenvalue weighted by Gasteiger charge is 2.19.